The number of hydrogen-bond donors (Lipinski definition) is 1. The van der Waals surface area contributed by atoms with Gasteiger partial charge in [-0.15, -0.1) is 0 Å². The van der Waals surface area contributed by atoms with Gasteiger partial charge in [0.2, 0.25) is 5.91 Å². The molecule has 1 aliphatic carbocycles. The van der Waals surface area contributed by atoms with Gasteiger partial charge in [0.15, 0.2) is 23.0 Å². The minimum absolute atomic E-state index is 0.0767. The van der Waals surface area contributed by atoms with Crippen LogP contribution in [-0.4, -0.2) is 32.8 Å². The van der Waals surface area contributed by atoms with Gasteiger partial charge >= 0.3 is 6.61 Å². The lowest BCUT2D eigenvalue weighted by Gasteiger charge is -2.17. The summed E-state index contributed by atoms with van der Waals surface area (Å²) in [5.41, 5.74) is 1.16. The van der Waals surface area contributed by atoms with E-state index in [1.54, 1.807) is 37.5 Å². The second kappa shape index (κ2) is 10.7. The molecule has 0 atom stereocenters. The van der Waals surface area contributed by atoms with Crippen LogP contribution in [0.15, 0.2) is 42.5 Å². The summed E-state index contributed by atoms with van der Waals surface area (Å²) in [6.07, 6.45) is 7.35. The van der Waals surface area contributed by atoms with Gasteiger partial charge < -0.3 is 24.3 Å². The number of carbonyl (C=O) groups is 1. The molecule has 166 valence electrons. The van der Waals surface area contributed by atoms with Crippen LogP contribution < -0.4 is 24.3 Å². The van der Waals surface area contributed by atoms with E-state index in [0.717, 1.165) is 25.7 Å². The molecule has 0 bridgehead atoms. The molecule has 1 amide bonds. The van der Waals surface area contributed by atoms with E-state index in [0.29, 0.717) is 22.7 Å². The van der Waals surface area contributed by atoms with Gasteiger partial charge in [0, 0.05) is 17.8 Å². The van der Waals surface area contributed by atoms with Gasteiger partial charge in [0.1, 0.15) is 0 Å². The third-order valence-electron chi connectivity index (χ3n) is 4.86. The Bertz CT molecular complexity index is 926. The zero-order valence-electron chi connectivity index (χ0n) is 17.4. The summed E-state index contributed by atoms with van der Waals surface area (Å²) >= 11 is 0. The van der Waals surface area contributed by atoms with Gasteiger partial charge in [-0.25, -0.2) is 0 Å². The van der Waals surface area contributed by atoms with Crippen LogP contribution in [0.1, 0.15) is 31.2 Å². The third-order valence-corrected chi connectivity index (χ3v) is 4.86. The molecule has 8 heteroatoms. The monoisotopic (exact) mass is 433 g/mol. The zero-order chi connectivity index (χ0) is 22.2. The predicted molar refractivity (Wildman–Crippen MR) is 113 cm³/mol. The van der Waals surface area contributed by atoms with Gasteiger partial charge in [0.25, 0.3) is 0 Å². The average molecular weight is 433 g/mol. The SMILES string of the molecule is COc1cc(/C=C/C(=O)Nc2ccc(OC)c(OC3CCCC3)c2)ccc1OC(F)F. The van der Waals surface area contributed by atoms with E-state index in [9.17, 15) is 13.6 Å². The summed E-state index contributed by atoms with van der Waals surface area (Å²) in [7, 11) is 2.92. The largest absolute Gasteiger partial charge is 0.493 e. The fraction of sp³-hybridized carbons (Fsp3) is 0.348. The maximum absolute atomic E-state index is 12.4. The third kappa shape index (κ3) is 6.34. The number of ether oxygens (including phenoxy) is 4. The Morgan fingerprint density at radius 1 is 1.00 bits per heavy atom. The average Bonchev–Trinajstić information content (AvgIpc) is 3.26. The van der Waals surface area contributed by atoms with Gasteiger partial charge in [-0.2, -0.15) is 8.78 Å². The molecule has 2 aromatic rings. The quantitative estimate of drug-likeness (QED) is 0.545. The van der Waals surface area contributed by atoms with Gasteiger partial charge in [-0.3, -0.25) is 4.79 Å². The van der Waals surface area contributed by atoms with Crippen LogP contribution in [0.5, 0.6) is 23.0 Å². The van der Waals surface area contributed by atoms with E-state index in [4.69, 9.17) is 14.2 Å². The van der Waals surface area contributed by atoms with Crippen molar-refractivity contribution in [3.05, 3.63) is 48.0 Å². The normalized spacial score (nSPS) is 14.1. The van der Waals surface area contributed by atoms with E-state index in [1.807, 2.05) is 0 Å². The van der Waals surface area contributed by atoms with E-state index < -0.39 is 6.61 Å². The number of anilines is 1. The molecule has 0 unspecified atom stereocenters. The number of amides is 1. The van der Waals surface area contributed by atoms with Gasteiger partial charge in [0.05, 0.1) is 20.3 Å². The molecule has 0 aromatic heterocycles. The lowest BCUT2D eigenvalue weighted by molar-refractivity contribution is -0.111. The number of halogens is 2. The number of alkyl halides is 2. The summed E-state index contributed by atoms with van der Waals surface area (Å²) in [4.78, 5) is 12.3. The highest BCUT2D eigenvalue weighted by Crippen LogP contribution is 2.34. The van der Waals surface area contributed by atoms with Gasteiger partial charge in [-0.1, -0.05) is 6.07 Å². The van der Waals surface area contributed by atoms with Crippen molar-refractivity contribution in [3.8, 4) is 23.0 Å². The highest BCUT2D eigenvalue weighted by Gasteiger charge is 2.19. The Hall–Kier alpha value is -3.29. The molecule has 0 aliphatic heterocycles. The van der Waals surface area contributed by atoms with Crippen molar-refractivity contribution in [2.75, 3.05) is 19.5 Å². The molecule has 0 spiro atoms. The summed E-state index contributed by atoms with van der Waals surface area (Å²) in [5, 5.41) is 2.78. The predicted octanol–water partition coefficient (Wildman–Crippen LogP) is 5.28. The maximum atomic E-state index is 12.4. The summed E-state index contributed by atoms with van der Waals surface area (Å²) in [6.45, 7) is -2.95. The highest BCUT2D eigenvalue weighted by molar-refractivity contribution is 6.02. The van der Waals surface area contributed by atoms with Crippen molar-refractivity contribution >= 4 is 17.7 Å². The first-order valence-corrected chi connectivity index (χ1v) is 9.95. The summed E-state index contributed by atoms with van der Waals surface area (Å²) < 4.78 is 45.7. The molecule has 1 aliphatic rings. The molecule has 0 saturated heterocycles. The van der Waals surface area contributed by atoms with E-state index >= 15 is 0 Å². The number of methoxy groups -OCH3 is 2. The molecule has 1 saturated carbocycles. The number of hydrogen-bond acceptors (Lipinski definition) is 5. The van der Waals surface area contributed by atoms with Crippen LogP contribution >= 0.6 is 0 Å². The van der Waals surface area contributed by atoms with Crippen LogP contribution in [0, 0.1) is 0 Å². The fourth-order valence-electron chi connectivity index (χ4n) is 3.37. The number of nitrogens with one attached hydrogen (secondary N) is 1. The van der Waals surface area contributed by atoms with Crippen molar-refractivity contribution in [2.24, 2.45) is 0 Å². The standard InChI is InChI=1S/C23H25F2NO5/c1-28-18-11-9-16(14-21(18)30-17-5-3-4-6-17)26-22(27)12-8-15-7-10-19(31-23(24)25)20(13-15)29-2/h7-14,17,23H,3-6H2,1-2H3,(H,26,27)/b12-8+. The first-order chi connectivity index (χ1) is 15.0. The summed E-state index contributed by atoms with van der Waals surface area (Å²) in [5.74, 6) is 0.914. The van der Waals surface area contributed by atoms with Crippen molar-refractivity contribution in [1.29, 1.82) is 0 Å². The molecule has 1 fully saturated rings. The molecular weight excluding hydrogens is 408 g/mol. The van der Waals surface area contributed by atoms with E-state index in [1.165, 1.54) is 25.3 Å². The Kier molecular flexibility index (Phi) is 7.70. The second-order valence-corrected chi connectivity index (χ2v) is 7.00. The minimum atomic E-state index is -2.95. The van der Waals surface area contributed by atoms with Crippen LogP contribution in [0.3, 0.4) is 0 Å². The van der Waals surface area contributed by atoms with E-state index in [-0.39, 0.29) is 23.5 Å². The molecule has 2 aromatic carbocycles. The number of carbonyl (C=O) groups excluding carboxylic acids is 1. The Balaban J connectivity index is 1.66. The lowest BCUT2D eigenvalue weighted by atomic mass is 10.2. The van der Waals surface area contributed by atoms with Crippen molar-refractivity contribution < 1.29 is 32.5 Å². The Morgan fingerprint density at radius 3 is 2.39 bits per heavy atom. The minimum Gasteiger partial charge on any atom is -0.493 e. The van der Waals surface area contributed by atoms with Gasteiger partial charge in [-0.05, 0) is 61.6 Å². The van der Waals surface area contributed by atoms with E-state index in [2.05, 4.69) is 10.1 Å². The first kappa shape index (κ1) is 22.4. The number of benzene rings is 2. The fourth-order valence-corrected chi connectivity index (χ4v) is 3.37. The molecule has 3 rings (SSSR count). The second-order valence-electron chi connectivity index (χ2n) is 7.00. The molecule has 31 heavy (non-hydrogen) atoms. The lowest BCUT2D eigenvalue weighted by Crippen LogP contribution is -2.12. The van der Waals surface area contributed by atoms with Crippen molar-refractivity contribution in [2.45, 2.75) is 38.4 Å². The first-order valence-electron chi connectivity index (χ1n) is 9.95. The van der Waals surface area contributed by atoms with Crippen molar-refractivity contribution in [3.63, 3.8) is 0 Å². The molecule has 0 heterocycles. The smallest absolute Gasteiger partial charge is 0.387 e. The van der Waals surface area contributed by atoms with Crippen LogP contribution in [0.4, 0.5) is 14.5 Å². The molecule has 1 N–H and O–H groups in total. The van der Waals surface area contributed by atoms with Crippen LogP contribution in [0.2, 0.25) is 0 Å². The Labute approximate surface area is 179 Å². The molecule has 0 radical (unpaired) electrons. The number of rotatable bonds is 9. The topological polar surface area (TPSA) is 66.0 Å². The maximum Gasteiger partial charge on any atom is 0.387 e. The molecular formula is C23H25F2NO5. The Morgan fingerprint density at radius 2 is 1.71 bits per heavy atom. The zero-order valence-corrected chi connectivity index (χ0v) is 17.4. The highest BCUT2D eigenvalue weighted by atomic mass is 19.3. The van der Waals surface area contributed by atoms with Crippen LogP contribution in [0.25, 0.3) is 6.08 Å². The molecule has 6 nitrogen and oxygen atoms in total. The van der Waals surface area contributed by atoms with Crippen LogP contribution in [-0.2, 0) is 4.79 Å². The summed E-state index contributed by atoms with van der Waals surface area (Å²) in [6, 6.07) is 9.62. The van der Waals surface area contributed by atoms with Crippen molar-refractivity contribution in [1.82, 2.24) is 0 Å².